The summed E-state index contributed by atoms with van der Waals surface area (Å²) >= 11 is 6.01. The monoisotopic (exact) mass is 287 g/mol. The van der Waals surface area contributed by atoms with Gasteiger partial charge < -0.3 is 16.0 Å². The van der Waals surface area contributed by atoms with Gasteiger partial charge in [-0.3, -0.25) is 4.79 Å². The Morgan fingerprint density at radius 3 is 2.80 bits per heavy atom. The highest BCUT2D eigenvalue weighted by molar-refractivity contribution is 6.30. The van der Waals surface area contributed by atoms with Crippen molar-refractivity contribution in [1.29, 1.82) is 0 Å². The molecule has 2 aromatic carbocycles. The minimum absolute atomic E-state index is 0.0402. The maximum atomic E-state index is 11.9. The molecule has 1 amide bonds. The third-order valence-corrected chi connectivity index (χ3v) is 3.56. The van der Waals surface area contributed by atoms with E-state index in [1.807, 2.05) is 47.4 Å². The molecule has 0 unspecified atom stereocenters. The molecule has 0 radical (unpaired) electrons. The molecule has 1 aliphatic heterocycles. The van der Waals surface area contributed by atoms with Gasteiger partial charge in [0.2, 0.25) is 5.91 Å². The summed E-state index contributed by atoms with van der Waals surface area (Å²) in [5.74, 6) is -0.0402. The van der Waals surface area contributed by atoms with Crippen molar-refractivity contribution in [2.45, 2.75) is 6.54 Å². The summed E-state index contributed by atoms with van der Waals surface area (Å²) in [6.07, 6.45) is 0. The fourth-order valence-corrected chi connectivity index (χ4v) is 2.62. The van der Waals surface area contributed by atoms with Gasteiger partial charge in [0.05, 0.1) is 11.4 Å². The van der Waals surface area contributed by atoms with Crippen molar-refractivity contribution in [3.63, 3.8) is 0 Å². The molecule has 3 rings (SSSR count). The summed E-state index contributed by atoms with van der Waals surface area (Å²) in [7, 11) is 0. The molecule has 0 aliphatic carbocycles. The van der Waals surface area contributed by atoms with Crippen molar-refractivity contribution in [2.24, 2.45) is 5.73 Å². The normalized spacial score (nSPS) is 13.9. The van der Waals surface area contributed by atoms with Crippen LogP contribution in [0.15, 0.2) is 42.5 Å². The van der Waals surface area contributed by atoms with Crippen LogP contribution in [0.25, 0.3) is 0 Å². The third kappa shape index (κ3) is 2.24. The second kappa shape index (κ2) is 5.15. The van der Waals surface area contributed by atoms with Gasteiger partial charge in [-0.2, -0.15) is 0 Å². The van der Waals surface area contributed by atoms with Gasteiger partial charge in [0.25, 0.3) is 0 Å². The van der Waals surface area contributed by atoms with Crippen molar-refractivity contribution in [2.75, 3.05) is 16.8 Å². The lowest BCUT2D eigenvalue weighted by Crippen LogP contribution is -2.35. The average Bonchev–Trinajstić information content (AvgIpc) is 2.46. The lowest BCUT2D eigenvalue weighted by molar-refractivity contribution is -0.115. The molecule has 0 bridgehead atoms. The number of hydrogen-bond donors (Lipinski definition) is 2. The van der Waals surface area contributed by atoms with Crippen molar-refractivity contribution >= 4 is 34.6 Å². The maximum Gasteiger partial charge on any atom is 0.244 e. The predicted molar refractivity (Wildman–Crippen MR) is 81.4 cm³/mol. The first-order chi connectivity index (χ1) is 9.69. The fraction of sp³-hybridized carbons (Fsp3) is 0.133. The Hall–Kier alpha value is -2.04. The molecular weight excluding hydrogens is 274 g/mol. The second-order valence-electron chi connectivity index (χ2n) is 4.63. The largest absolute Gasteiger partial charge is 0.330 e. The number of nitrogens with one attached hydrogen (secondary N) is 1. The van der Waals surface area contributed by atoms with Gasteiger partial charge in [-0.25, -0.2) is 0 Å². The molecule has 0 fully saturated rings. The summed E-state index contributed by atoms with van der Waals surface area (Å²) < 4.78 is 0. The van der Waals surface area contributed by atoms with Gasteiger partial charge in [0, 0.05) is 17.3 Å². The van der Waals surface area contributed by atoms with Crippen LogP contribution in [-0.2, 0) is 11.3 Å². The Kier molecular flexibility index (Phi) is 3.34. The average molecular weight is 288 g/mol. The molecule has 4 nitrogen and oxygen atoms in total. The molecule has 0 atom stereocenters. The molecule has 0 saturated heterocycles. The number of halogens is 1. The summed E-state index contributed by atoms with van der Waals surface area (Å²) in [5, 5.41) is 3.51. The summed E-state index contributed by atoms with van der Waals surface area (Å²) in [5.41, 5.74) is 9.40. The van der Waals surface area contributed by atoms with Crippen molar-refractivity contribution in [1.82, 2.24) is 0 Å². The SMILES string of the molecule is NCc1cc(Cl)ccc1N1CC(=O)Nc2ccccc21. The van der Waals surface area contributed by atoms with Gasteiger partial charge in [-0.05, 0) is 35.9 Å². The second-order valence-corrected chi connectivity index (χ2v) is 5.07. The number of para-hydroxylation sites is 2. The molecule has 0 saturated carbocycles. The molecular formula is C15H14ClN3O. The van der Waals surface area contributed by atoms with Crippen LogP contribution in [0, 0.1) is 0 Å². The van der Waals surface area contributed by atoms with E-state index in [0.29, 0.717) is 11.6 Å². The van der Waals surface area contributed by atoms with Crippen molar-refractivity contribution in [3.8, 4) is 0 Å². The Bertz CT molecular complexity index is 672. The van der Waals surface area contributed by atoms with E-state index in [1.54, 1.807) is 0 Å². The first-order valence-corrected chi connectivity index (χ1v) is 6.72. The van der Waals surface area contributed by atoms with E-state index in [2.05, 4.69) is 5.32 Å². The van der Waals surface area contributed by atoms with Gasteiger partial charge in [0.1, 0.15) is 6.54 Å². The van der Waals surface area contributed by atoms with Gasteiger partial charge in [-0.15, -0.1) is 0 Å². The minimum Gasteiger partial charge on any atom is -0.330 e. The lowest BCUT2D eigenvalue weighted by atomic mass is 10.1. The number of anilines is 3. The molecule has 0 aromatic heterocycles. The molecule has 20 heavy (non-hydrogen) atoms. The Balaban J connectivity index is 2.13. The van der Waals surface area contributed by atoms with Crippen LogP contribution >= 0.6 is 11.6 Å². The smallest absolute Gasteiger partial charge is 0.244 e. The summed E-state index contributed by atoms with van der Waals surface area (Å²) in [6, 6.07) is 13.3. The highest BCUT2D eigenvalue weighted by Crippen LogP contribution is 2.37. The van der Waals surface area contributed by atoms with E-state index in [-0.39, 0.29) is 12.5 Å². The molecule has 1 heterocycles. The van der Waals surface area contributed by atoms with E-state index >= 15 is 0 Å². The topological polar surface area (TPSA) is 58.4 Å². The molecule has 102 valence electrons. The number of nitrogens with zero attached hydrogens (tertiary/aromatic N) is 1. The number of hydrogen-bond acceptors (Lipinski definition) is 3. The fourth-order valence-electron chi connectivity index (χ4n) is 2.43. The maximum absolute atomic E-state index is 11.9. The number of carbonyl (C=O) groups is 1. The predicted octanol–water partition coefficient (Wildman–Crippen LogP) is 2.89. The lowest BCUT2D eigenvalue weighted by Gasteiger charge is -2.32. The van der Waals surface area contributed by atoms with Crippen molar-refractivity contribution in [3.05, 3.63) is 53.1 Å². The third-order valence-electron chi connectivity index (χ3n) is 3.32. The number of fused-ring (bicyclic) bond motifs is 1. The molecule has 1 aliphatic rings. The van der Waals surface area contributed by atoms with Crippen LogP contribution in [0.2, 0.25) is 5.02 Å². The molecule has 5 heteroatoms. The standard InChI is InChI=1S/C15H14ClN3O/c16-11-5-6-13(10(7-11)8-17)19-9-15(20)18-12-3-1-2-4-14(12)19/h1-7H,8-9,17H2,(H,18,20). The van der Waals surface area contributed by atoms with Crippen LogP contribution in [-0.4, -0.2) is 12.5 Å². The quantitative estimate of drug-likeness (QED) is 0.893. The Labute approximate surface area is 122 Å². The highest BCUT2D eigenvalue weighted by Gasteiger charge is 2.24. The number of rotatable bonds is 2. The zero-order chi connectivity index (χ0) is 14.1. The summed E-state index contributed by atoms with van der Waals surface area (Å²) in [6.45, 7) is 0.641. The Morgan fingerprint density at radius 1 is 1.20 bits per heavy atom. The number of amides is 1. The van der Waals surface area contributed by atoms with E-state index in [4.69, 9.17) is 17.3 Å². The number of carbonyl (C=O) groups excluding carboxylic acids is 1. The molecule has 2 aromatic rings. The minimum atomic E-state index is -0.0402. The molecule has 3 N–H and O–H groups in total. The summed E-state index contributed by atoms with van der Waals surface area (Å²) in [4.78, 5) is 13.8. The number of nitrogens with two attached hydrogens (primary N) is 1. The van der Waals surface area contributed by atoms with Gasteiger partial charge >= 0.3 is 0 Å². The van der Waals surface area contributed by atoms with Crippen LogP contribution in [0.4, 0.5) is 17.1 Å². The van der Waals surface area contributed by atoms with E-state index in [0.717, 1.165) is 22.6 Å². The first kappa shape index (κ1) is 13.0. The van der Waals surface area contributed by atoms with Crippen LogP contribution in [0.5, 0.6) is 0 Å². The molecule has 0 spiro atoms. The number of benzene rings is 2. The van der Waals surface area contributed by atoms with Crippen molar-refractivity contribution < 1.29 is 4.79 Å². The zero-order valence-corrected chi connectivity index (χ0v) is 11.5. The highest BCUT2D eigenvalue weighted by atomic mass is 35.5. The van der Waals surface area contributed by atoms with Crippen LogP contribution < -0.4 is 16.0 Å². The Morgan fingerprint density at radius 2 is 2.00 bits per heavy atom. The van der Waals surface area contributed by atoms with E-state index < -0.39 is 0 Å². The van der Waals surface area contributed by atoms with E-state index in [1.165, 1.54) is 0 Å². The van der Waals surface area contributed by atoms with Gasteiger partial charge in [-0.1, -0.05) is 23.7 Å². The zero-order valence-electron chi connectivity index (χ0n) is 10.8. The van der Waals surface area contributed by atoms with Crippen LogP contribution in [0.1, 0.15) is 5.56 Å². The van der Waals surface area contributed by atoms with Gasteiger partial charge in [0.15, 0.2) is 0 Å². The van der Waals surface area contributed by atoms with E-state index in [9.17, 15) is 4.79 Å². The first-order valence-electron chi connectivity index (χ1n) is 6.34. The van der Waals surface area contributed by atoms with Crippen LogP contribution in [0.3, 0.4) is 0 Å².